The number of rotatable bonds is 2. The van der Waals surface area contributed by atoms with Crippen LogP contribution >= 0.6 is 0 Å². The first-order chi connectivity index (χ1) is 8.38. The fourth-order valence-corrected chi connectivity index (χ4v) is 2.00. The van der Waals surface area contributed by atoms with Crippen molar-refractivity contribution in [2.24, 2.45) is 0 Å². The summed E-state index contributed by atoms with van der Waals surface area (Å²) in [5, 5.41) is 9.32. The molecule has 0 spiro atoms. The van der Waals surface area contributed by atoms with Gasteiger partial charge in [-0.3, -0.25) is 0 Å². The quantitative estimate of drug-likeness (QED) is 0.858. The Bertz CT molecular complexity index is 549. The van der Waals surface area contributed by atoms with Crippen LogP contribution in [0.15, 0.2) is 42.5 Å². The first-order valence-corrected chi connectivity index (χ1v) is 5.47. The van der Waals surface area contributed by atoms with E-state index in [1.165, 1.54) is 0 Å². The van der Waals surface area contributed by atoms with Crippen molar-refractivity contribution in [3.8, 4) is 22.6 Å². The van der Waals surface area contributed by atoms with Crippen LogP contribution in [0.5, 0.6) is 11.5 Å². The molecule has 0 aliphatic carbocycles. The van der Waals surface area contributed by atoms with E-state index in [1.807, 2.05) is 42.5 Å². The summed E-state index contributed by atoms with van der Waals surface area (Å²) in [4.78, 5) is 0. The maximum absolute atomic E-state index is 9.32. The molecule has 1 N–H and O–H groups in total. The zero-order valence-corrected chi connectivity index (χ0v) is 9.22. The molecule has 0 atom stereocenters. The van der Waals surface area contributed by atoms with Crippen molar-refractivity contribution in [3.05, 3.63) is 48.0 Å². The van der Waals surface area contributed by atoms with Crippen molar-refractivity contribution in [1.29, 1.82) is 0 Å². The molecule has 86 valence electrons. The first kappa shape index (κ1) is 10.2. The number of aliphatic hydroxyl groups is 1. The molecule has 0 bridgehead atoms. The van der Waals surface area contributed by atoms with Crippen LogP contribution in [0.2, 0.25) is 0 Å². The average Bonchev–Trinajstić information content (AvgIpc) is 2.85. The molecular weight excluding hydrogens is 216 g/mol. The Morgan fingerprint density at radius 3 is 2.71 bits per heavy atom. The molecule has 3 nitrogen and oxygen atoms in total. The van der Waals surface area contributed by atoms with Crippen LogP contribution in [-0.2, 0) is 6.61 Å². The second-order valence-electron chi connectivity index (χ2n) is 3.88. The van der Waals surface area contributed by atoms with E-state index in [4.69, 9.17) is 9.47 Å². The van der Waals surface area contributed by atoms with Gasteiger partial charge in [-0.2, -0.15) is 0 Å². The Morgan fingerprint density at radius 1 is 1.00 bits per heavy atom. The summed E-state index contributed by atoms with van der Waals surface area (Å²) in [5.74, 6) is 1.53. The normalized spacial score (nSPS) is 12.8. The van der Waals surface area contributed by atoms with E-state index < -0.39 is 0 Å². The maximum Gasteiger partial charge on any atom is 0.231 e. The molecule has 0 fully saturated rings. The lowest BCUT2D eigenvalue weighted by Gasteiger charge is -2.07. The Morgan fingerprint density at radius 2 is 1.82 bits per heavy atom. The molecule has 17 heavy (non-hydrogen) atoms. The van der Waals surface area contributed by atoms with Gasteiger partial charge in [0.25, 0.3) is 0 Å². The van der Waals surface area contributed by atoms with Crippen molar-refractivity contribution in [1.82, 2.24) is 0 Å². The highest BCUT2D eigenvalue weighted by atomic mass is 16.7. The smallest absolute Gasteiger partial charge is 0.231 e. The van der Waals surface area contributed by atoms with Crippen LogP contribution in [-0.4, -0.2) is 11.9 Å². The Kier molecular flexibility index (Phi) is 2.46. The van der Waals surface area contributed by atoms with Crippen LogP contribution in [0.25, 0.3) is 11.1 Å². The molecule has 0 aromatic heterocycles. The zero-order valence-electron chi connectivity index (χ0n) is 9.22. The molecule has 0 saturated heterocycles. The number of hydrogen-bond acceptors (Lipinski definition) is 3. The third kappa shape index (κ3) is 1.74. The second kappa shape index (κ2) is 4.11. The van der Waals surface area contributed by atoms with Gasteiger partial charge in [-0.15, -0.1) is 0 Å². The van der Waals surface area contributed by atoms with Gasteiger partial charge >= 0.3 is 0 Å². The molecule has 0 radical (unpaired) electrons. The molecule has 0 amide bonds. The van der Waals surface area contributed by atoms with E-state index in [9.17, 15) is 5.11 Å². The highest BCUT2D eigenvalue weighted by molar-refractivity contribution is 5.70. The van der Waals surface area contributed by atoms with Crippen LogP contribution in [0.1, 0.15) is 5.56 Å². The maximum atomic E-state index is 9.32. The van der Waals surface area contributed by atoms with Crippen LogP contribution in [0, 0.1) is 0 Å². The summed E-state index contributed by atoms with van der Waals surface area (Å²) in [6, 6.07) is 13.6. The van der Waals surface area contributed by atoms with Crippen molar-refractivity contribution in [3.63, 3.8) is 0 Å². The highest BCUT2D eigenvalue weighted by Crippen LogP contribution is 2.36. The molecule has 3 heteroatoms. The third-order valence-electron chi connectivity index (χ3n) is 2.87. The van der Waals surface area contributed by atoms with Crippen LogP contribution in [0.3, 0.4) is 0 Å². The molecule has 0 saturated carbocycles. The molecule has 1 aliphatic heterocycles. The Balaban J connectivity index is 2.09. The van der Waals surface area contributed by atoms with Gasteiger partial charge in [0.1, 0.15) is 0 Å². The minimum absolute atomic E-state index is 0.0324. The van der Waals surface area contributed by atoms with E-state index >= 15 is 0 Å². The second-order valence-corrected chi connectivity index (χ2v) is 3.88. The van der Waals surface area contributed by atoms with Crippen molar-refractivity contribution < 1.29 is 14.6 Å². The number of fused-ring (bicyclic) bond motifs is 1. The SMILES string of the molecule is OCc1ccccc1-c1ccc2c(c1)OCO2. The van der Waals surface area contributed by atoms with E-state index in [0.717, 1.165) is 28.2 Å². The summed E-state index contributed by atoms with van der Waals surface area (Å²) in [5.41, 5.74) is 2.96. The number of ether oxygens (including phenoxy) is 2. The zero-order chi connectivity index (χ0) is 11.7. The Hall–Kier alpha value is -2.00. The van der Waals surface area contributed by atoms with Gasteiger partial charge in [-0.05, 0) is 28.8 Å². The molecule has 2 aromatic rings. The van der Waals surface area contributed by atoms with Gasteiger partial charge in [-0.1, -0.05) is 30.3 Å². The topological polar surface area (TPSA) is 38.7 Å². The van der Waals surface area contributed by atoms with Gasteiger partial charge in [-0.25, -0.2) is 0 Å². The van der Waals surface area contributed by atoms with Crippen molar-refractivity contribution in [2.75, 3.05) is 6.79 Å². The largest absolute Gasteiger partial charge is 0.454 e. The lowest BCUT2D eigenvalue weighted by Crippen LogP contribution is -1.93. The summed E-state index contributed by atoms with van der Waals surface area (Å²) in [6.07, 6.45) is 0. The molecular formula is C14H12O3. The molecule has 3 rings (SSSR count). The summed E-state index contributed by atoms with van der Waals surface area (Å²) < 4.78 is 10.6. The molecule has 1 aliphatic rings. The fourth-order valence-electron chi connectivity index (χ4n) is 2.00. The number of aliphatic hydroxyl groups excluding tert-OH is 1. The highest BCUT2D eigenvalue weighted by Gasteiger charge is 2.14. The first-order valence-electron chi connectivity index (χ1n) is 5.47. The summed E-state index contributed by atoms with van der Waals surface area (Å²) in [6.45, 7) is 0.311. The molecule has 2 aromatic carbocycles. The monoisotopic (exact) mass is 228 g/mol. The van der Waals surface area contributed by atoms with Gasteiger partial charge in [0.15, 0.2) is 11.5 Å². The van der Waals surface area contributed by atoms with E-state index in [1.54, 1.807) is 0 Å². The van der Waals surface area contributed by atoms with Crippen molar-refractivity contribution >= 4 is 0 Å². The predicted octanol–water partition coefficient (Wildman–Crippen LogP) is 2.57. The summed E-state index contributed by atoms with van der Waals surface area (Å²) in [7, 11) is 0. The Labute approximate surface area is 99.2 Å². The minimum Gasteiger partial charge on any atom is -0.454 e. The summed E-state index contributed by atoms with van der Waals surface area (Å²) >= 11 is 0. The minimum atomic E-state index is 0.0324. The van der Waals surface area contributed by atoms with Gasteiger partial charge < -0.3 is 14.6 Å². The van der Waals surface area contributed by atoms with Gasteiger partial charge in [0.05, 0.1) is 6.61 Å². The van der Waals surface area contributed by atoms with E-state index in [2.05, 4.69) is 0 Å². The van der Waals surface area contributed by atoms with E-state index in [-0.39, 0.29) is 13.4 Å². The lowest BCUT2D eigenvalue weighted by molar-refractivity contribution is 0.174. The fraction of sp³-hybridized carbons (Fsp3) is 0.143. The average molecular weight is 228 g/mol. The standard InChI is InChI=1S/C14H12O3/c15-8-11-3-1-2-4-12(11)10-5-6-13-14(7-10)17-9-16-13/h1-7,15H,8-9H2. The van der Waals surface area contributed by atoms with E-state index in [0.29, 0.717) is 0 Å². The van der Waals surface area contributed by atoms with Gasteiger partial charge in [0.2, 0.25) is 6.79 Å². The lowest BCUT2D eigenvalue weighted by atomic mass is 10.00. The molecule has 0 unspecified atom stereocenters. The third-order valence-corrected chi connectivity index (χ3v) is 2.87. The number of benzene rings is 2. The van der Waals surface area contributed by atoms with Crippen LogP contribution < -0.4 is 9.47 Å². The molecule has 1 heterocycles. The van der Waals surface area contributed by atoms with Crippen molar-refractivity contribution in [2.45, 2.75) is 6.61 Å². The van der Waals surface area contributed by atoms with Crippen LogP contribution in [0.4, 0.5) is 0 Å². The predicted molar refractivity (Wildman–Crippen MR) is 63.9 cm³/mol. The number of hydrogen-bond donors (Lipinski definition) is 1. The van der Waals surface area contributed by atoms with Gasteiger partial charge in [0, 0.05) is 0 Å².